The lowest BCUT2D eigenvalue weighted by Gasteiger charge is -2.22. The summed E-state index contributed by atoms with van der Waals surface area (Å²) in [4.78, 5) is 6.42. The van der Waals surface area contributed by atoms with Crippen LogP contribution in [-0.2, 0) is 5.54 Å². The van der Waals surface area contributed by atoms with Crippen molar-refractivity contribution in [3.63, 3.8) is 0 Å². The third-order valence-electron chi connectivity index (χ3n) is 3.49. The summed E-state index contributed by atoms with van der Waals surface area (Å²) in [6, 6.07) is 4.06. The summed E-state index contributed by atoms with van der Waals surface area (Å²) in [6.07, 6.45) is 2.85. The number of rotatable bonds is 2. The van der Waals surface area contributed by atoms with Crippen LogP contribution in [0, 0.1) is 5.41 Å². The highest BCUT2D eigenvalue weighted by molar-refractivity contribution is 5.53. The van der Waals surface area contributed by atoms with Gasteiger partial charge in [0.1, 0.15) is 5.82 Å². The molecule has 0 amide bonds. The van der Waals surface area contributed by atoms with Crippen LogP contribution in [0.4, 0.5) is 5.82 Å². The van der Waals surface area contributed by atoms with Gasteiger partial charge in [-0.25, -0.2) is 4.98 Å². The monoisotopic (exact) mass is 205 g/mol. The Balaban J connectivity index is 2.46. The molecule has 1 saturated carbocycles. The van der Waals surface area contributed by atoms with Crippen LogP contribution >= 0.6 is 0 Å². The smallest absolute Gasteiger partial charge is 0.133 e. The summed E-state index contributed by atoms with van der Waals surface area (Å²) in [5.41, 5.74) is 7.59. The predicted octanol–water partition coefficient (Wildman–Crippen LogP) is 1.73. The first-order valence-corrected chi connectivity index (χ1v) is 5.30. The molecule has 82 valence electrons. The Morgan fingerprint density at radius 1 is 1.40 bits per heavy atom. The molecule has 0 spiro atoms. The second-order valence-corrected chi connectivity index (χ2v) is 5.30. The van der Waals surface area contributed by atoms with Gasteiger partial charge in [0.2, 0.25) is 0 Å². The zero-order valence-electron chi connectivity index (χ0n) is 9.91. The fraction of sp³-hybridized carbons (Fsp3) is 0.583. The average molecular weight is 205 g/mol. The molecule has 1 aromatic rings. The van der Waals surface area contributed by atoms with Gasteiger partial charge in [-0.2, -0.15) is 0 Å². The summed E-state index contributed by atoms with van der Waals surface area (Å²) in [5, 5.41) is 0. The highest BCUT2D eigenvalue weighted by atomic mass is 15.1. The number of nitrogens with zero attached hydrogens (tertiary/aromatic N) is 2. The number of aromatic nitrogens is 1. The van der Waals surface area contributed by atoms with E-state index >= 15 is 0 Å². The number of pyridine rings is 1. The Bertz CT molecular complexity index is 384. The molecule has 0 aromatic carbocycles. The van der Waals surface area contributed by atoms with Crippen LogP contribution in [0.25, 0.3) is 0 Å². The first-order valence-electron chi connectivity index (χ1n) is 5.30. The Hall–Kier alpha value is -1.09. The van der Waals surface area contributed by atoms with Gasteiger partial charge < -0.3 is 10.6 Å². The van der Waals surface area contributed by atoms with Gasteiger partial charge in [0.25, 0.3) is 0 Å². The number of nitrogens with two attached hydrogens (primary N) is 1. The van der Waals surface area contributed by atoms with E-state index in [-0.39, 0.29) is 11.0 Å². The van der Waals surface area contributed by atoms with Crippen LogP contribution in [0.15, 0.2) is 18.3 Å². The standard InChI is InChI=1S/C12H19N3/c1-11(2)8-12(11,13)9-6-5-7-14-10(9)15(3)4/h5-7H,8,13H2,1-4H3. The maximum absolute atomic E-state index is 6.42. The third kappa shape index (κ3) is 1.42. The van der Waals surface area contributed by atoms with Gasteiger partial charge in [-0.1, -0.05) is 19.9 Å². The Morgan fingerprint density at radius 3 is 2.47 bits per heavy atom. The molecule has 3 nitrogen and oxygen atoms in total. The van der Waals surface area contributed by atoms with Gasteiger partial charge in [0, 0.05) is 25.9 Å². The van der Waals surface area contributed by atoms with E-state index in [4.69, 9.17) is 5.73 Å². The minimum absolute atomic E-state index is 0.194. The van der Waals surface area contributed by atoms with Crippen molar-refractivity contribution in [1.29, 1.82) is 0 Å². The Labute approximate surface area is 91.3 Å². The van der Waals surface area contributed by atoms with Crippen LogP contribution < -0.4 is 10.6 Å². The maximum atomic E-state index is 6.42. The van der Waals surface area contributed by atoms with Crippen molar-refractivity contribution in [2.24, 2.45) is 11.1 Å². The summed E-state index contributed by atoms with van der Waals surface area (Å²) < 4.78 is 0. The van der Waals surface area contributed by atoms with Gasteiger partial charge in [0.05, 0.1) is 5.54 Å². The van der Waals surface area contributed by atoms with E-state index in [1.54, 1.807) is 0 Å². The zero-order chi connectivity index (χ0) is 11.3. The second kappa shape index (κ2) is 2.95. The third-order valence-corrected chi connectivity index (χ3v) is 3.49. The number of hydrogen-bond acceptors (Lipinski definition) is 3. The van der Waals surface area contributed by atoms with E-state index in [1.165, 1.54) is 5.56 Å². The minimum Gasteiger partial charge on any atom is -0.362 e. The van der Waals surface area contributed by atoms with Gasteiger partial charge >= 0.3 is 0 Å². The molecule has 1 atom stereocenters. The van der Waals surface area contributed by atoms with E-state index in [2.05, 4.69) is 24.9 Å². The molecule has 1 heterocycles. The molecule has 2 N–H and O–H groups in total. The molecule has 0 aliphatic heterocycles. The second-order valence-electron chi connectivity index (χ2n) is 5.30. The van der Waals surface area contributed by atoms with Crippen LogP contribution in [0.5, 0.6) is 0 Å². The van der Waals surface area contributed by atoms with Crippen molar-refractivity contribution in [3.8, 4) is 0 Å². The topological polar surface area (TPSA) is 42.2 Å². The van der Waals surface area contributed by atoms with Crippen LogP contribution in [0.1, 0.15) is 25.8 Å². The first kappa shape index (κ1) is 10.4. The molecule has 1 unspecified atom stereocenters. The molecule has 0 bridgehead atoms. The largest absolute Gasteiger partial charge is 0.362 e. The SMILES string of the molecule is CN(C)c1ncccc1C1(N)CC1(C)C. The van der Waals surface area contributed by atoms with Gasteiger partial charge in [-0.15, -0.1) is 0 Å². The van der Waals surface area contributed by atoms with Crippen molar-refractivity contribution < 1.29 is 0 Å². The molecule has 3 heteroatoms. The zero-order valence-corrected chi connectivity index (χ0v) is 9.91. The number of hydrogen-bond donors (Lipinski definition) is 1. The molecule has 2 rings (SSSR count). The minimum atomic E-state index is -0.194. The van der Waals surface area contributed by atoms with Gasteiger partial charge in [0.15, 0.2) is 0 Å². The quantitative estimate of drug-likeness (QED) is 0.799. The van der Waals surface area contributed by atoms with Crippen molar-refractivity contribution in [1.82, 2.24) is 4.98 Å². The lowest BCUT2D eigenvalue weighted by atomic mass is 9.97. The Kier molecular flexibility index (Phi) is 2.05. The van der Waals surface area contributed by atoms with E-state index < -0.39 is 0 Å². The summed E-state index contributed by atoms with van der Waals surface area (Å²) in [6.45, 7) is 4.42. The highest BCUT2D eigenvalue weighted by Gasteiger charge is 2.60. The van der Waals surface area contributed by atoms with E-state index in [0.29, 0.717) is 0 Å². The van der Waals surface area contributed by atoms with Crippen molar-refractivity contribution in [2.75, 3.05) is 19.0 Å². The van der Waals surface area contributed by atoms with Crippen molar-refractivity contribution in [3.05, 3.63) is 23.9 Å². The molecule has 1 aliphatic rings. The van der Waals surface area contributed by atoms with Crippen LogP contribution in [-0.4, -0.2) is 19.1 Å². The van der Waals surface area contributed by atoms with Crippen molar-refractivity contribution in [2.45, 2.75) is 25.8 Å². The lowest BCUT2D eigenvalue weighted by Crippen LogP contribution is -2.28. The van der Waals surface area contributed by atoms with Crippen LogP contribution in [0.2, 0.25) is 0 Å². The van der Waals surface area contributed by atoms with E-state index in [0.717, 1.165) is 12.2 Å². The van der Waals surface area contributed by atoms with E-state index in [1.807, 2.05) is 31.3 Å². The molecule has 1 aromatic heterocycles. The molecular formula is C12H19N3. The highest BCUT2D eigenvalue weighted by Crippen LogP contribution is 2.61. The van der Waals surface area contributed by atoms with Gasteiger partial charge in [-0.3, -0.25) is 0 Å². The lowest BCUT2D eigenvalue weighted by molar-refractivity contribution is 0.509. The van der Waals surface area contributed by atoms with Crippen LogP contribution in [0.3, 0.4) is 0 Å². The van der Waals surface area contributed by atoms with E-state index in [9.17, 15) is 0 Å². The first-order chi connectivity index (χ1) is 6.88. The predicted molar refractivity (Wildman–Crippen MR) is 62.8 cm³/mol. The van der Waals surface area contributed by atoms with Gasteiger partial charge in [-0.05, 0) is 17.9 Å². The summed E-state index contributed by atoms with van der Waals surface area (Å²) in [5.74, 6) is 0.991. The number of anilines is 1. The molecular weight excluding hydrogens is 186 g/mol. The molecule has 1 fully saturated rings. The molecule has 1 aliphatic carbocycles. The fourth-order valence-electron chi connectivity index (χ4n) is 2.21. The molecule has 15 heavy (non-hydrogen) atoms. The Morgan fingerprint density at radius 2 is 2.00 bits per heavy atom. The summed E-state index contributed by atoms with van der Waals surface area (Å²) in [7, 11) is 4.01. The normalized spacial score (nSPS) is 27.5. The molecule has 0 radical (unpaired) electrons. The fourth-order valence-corrected chi connectivity index (χ4v) is 2.21. The molecule has 0 saturated heterocycles. The average Bonchev–Trinajstić information content (AvgIpc) is 2.67. The van der Waals surface area contributed by atoms with Crippen molar-refractivity contribution >= 4 is 5.82 Å². The maximum Gasteiger partial charge on any atom is 0.133 e. The summed E-state index contributed by atoms with van der Waals surface area (Å²) >= 11 is 0.